The van der Waals surface area contributed by atoms with Gasteiger partial charge in [-0.05, 0) is 35.1 Å². The molecule has 2 aromatic carbocycles. The molecule has 0 spiro atoms. The zero-order chi connectivity index (χ0) is 21.3. The van der Waals surface area contributed by atoms with Crippen LogP contribution in [0.5, 0.6) is 0 Å². The molecular weight excluding hydrogens is 390 g/mol. The number of rotatable bonds is 5. The number of carbonyl (C=O) groups excluding carboxylic acids is 1. The normalized spacial score (nSPS) is 11.7. The number of nitrogens with one attached hydrogen (secondary N) is 1. The molecule has 0 saturated heterocycles. The lowest BCUT2D eigenvalue weighted by Gasteiger charge is -2.19. The lowest BCUT2D eigenvalue weighted by Crippen LogP contribution is -2.16. The summed E-state index contributed by atoms with van der Waals surface area (Å²) >= 11 is 1.56. The average Bonchev–Trinajstić information content (AvgIpc) is 3.30. The number of benzene rings is 2. The van der Waals surface area contributed by atoms with Crippen LogP contribution in [-0.4, -0.2) is 15.3 Å². The van der Waals surface area contributed by atoms with E-state index in [0.29, 0.717) is 6.42 Å². The van der Waals surface area contributed by atoms with Gasteiger partial charge >= 0.3 is 0 Å². The van der Waals surface area contributed by atoms with Crippen molar-refractivity contribution in [3.05, 3.63) is 76.9 Å². The van der Waals surface area contributed by atoms with Crippen LogP contribution < -0.4 is 5.32 Å². The predicted molar refractivity (Wildman–Crippen MR) is 125 cm³/mol. The molecule has 4 aromatic rings. The molecule has 0 fully saturated rings. The Kier molecular flexibility index (Phi) is 5.48. The summed E-state index contributed by atoms with van der Waals surface area (Å²) in [6, 6.07) is 16.6. The SMILES string of the molecule is CCc1ccc(-c2cn3c(CC(=O)Nc4ccc(C(C)(C)C)cc4)csc3n2)cc1. The summed E-state index contributed by atoms with van der Waals surface area (Å²) in [5, 5.41) is 5.02. The Morgan fingerprint density at radius 2 is 1.77 bits per heavy atom. The third-order valence-corrected chi connectivity index (χ3v) is 6.21. The van der Waals surface area contributed by atoms with Crippen molar-refractivity contribution in [2.24, 2.45) is 0 Å². The van der Waals surface area contributed by atoms with Gasteiger partial charge in [0.1, 0.15) is 0 Å². The number of hydrogen-bond donors (Lipinski definition) is 1. The van der Waals surface area contributed by atoms with Crippen LogP contribution in [0, 0.1) is 0 Å². The molecule has 0 aliphatic rings. The van der Waals surface area contributed by atoms with Gasteiger partial charge in [0, 0.05) is 28.5 Å². The number of carbonyl (C=O) groups is 1. The van der Waals surface area contributed by atoms with Crippen LogP contribution in [0.3, 0.4) is 0 Å². The number of aromatic nitrogens is 2. The molecule has 4 rings (SSSR count). The molecule has 1 N–H and O–H groups in total. The van der Waals surface area contributed by atoms with Gasteiger partial charge in [-0.2, -0.15) is 0 Å². The second-order valence-corrected chi connectivity index (χ2v) is 9.45. The van der Waals surface area contributed by atoms with Gasteiger partial charge in [-0.1, -0.05) is 64.1 Å². The molecule has 154 valence electrons. The van der Waals surface area contributed by atoms with E-state index in [0.717, 1.165) is 34.0 Å². The number of nitrogens with zero attached hydrogens (tertiary/aromatic N) is 2. The second kappa shape index (κ2) is 8.07. The Bertz CT molecular complexity index is 1160. The van der Waals surface area contributed by atoms with E-state index in [2.05, 4.69) is 69.4 Å². The third kappa shape index (κ3) is 4.31. The first-order chi connectivity index (χ1) is 14.3. The Hall–Kier alpha value is -2.92. The van der Waals surface area contributed by atoms with Crippen molar-refractivity contribution < 1.29 is 4.79 Å². The van der Waals surface area contributed by atoms with Crippen molar-refractivity contribution >= 4 is 27.9 Å². The average molecular weight is 418 g/mol. The van der Waals surface area contributed by atoms with E-state index in [1.54, 1.807) is 11.3 Å². The molecule has 2 heterocycles. The molecular formula is C25H27N3OS. The minimum absolute atomic E-state index is 0.0271. The molecule has 0 radical (unpaired) electrons. The Morgan fingerprint density at radius 1 is 1.07 bits per heavy atom. The maximum Gasteiger partial charge on any atom is 0.230 e. The summed E-state index contributed by atoms with van der Waals surface area (Å²) in [5.41, 5.74) is 6.46. The summed E-state index contributed by atoms with van der Waals surface area (Å²) in [5.74, 6) is -0.0271. The third-order valence-electron chi connectivity index (χ3n) is 5.32. The second-order valence-electron chi connectivity index (χ2n) is 8.61. The van der Waals surface area contributed by atoms with Gasteiger partial charge in [0.25, 0.3) is 0 Å². The summed E-state index contributed by atoms with van der Waals surface area (Å²) < 4.78 is 2.02. The molecule has 5 heteroatoms. The minimum atomic E-state index is -0.0271. The van der Waals surface area contributed by atoms with Gasteiger partial charge < -0.3 is 5.32 Å². The van der Waals surface area contributed by atoms with Gasteiger partial charge in [0.15, 0.2) is 4.96 Å². The lowest BCUT2D eigenvalue weighted by atomic mass is 9.87. The number of amides is 1. The van der Waals surface area contributed by atoms with Crippen molar-refractivity contribution in [3.63, 3.8) is 0 Å². The fraction of sp³-hybridized carbons (Fsp3) is 0.280. The minimum Gasteiger partial charge on any atom is -0.326 e. The molecule has 0 bridgehead atoms. The first kappa shape index (κ1) is 20.4. The van der Waals surface area contributed by atoms with Crippen molar-refractivity contribution in [3.8, 4) is 11.3 Å². The van der Waals surface area contributed by atoms with E-state index >= 15 is 0 Å². The smallest absolute Gasteiger partial charge is 0.230 e. The van der Waals surface area contributed by atoms with E-state index < -0.39 is 0 Å². The predicted octanol–water partition coefficient (Wildman–Crippen LogP) is 6.10. The van der Waals surface area contributed by atoms with Gasteiger partial charge in [-0.3, -0.25) is 9.20 Å². The fourth-order valence-corrected chi connectivity index (χ4v) is 4.30. The Morgan fingerprint density at radius 3 is 2.40 bits per heavy atom. The number of aryl methyl sites for hydroxylation is 1. The summed E-state index contributed by atoms with van der Waals surface area (Å²) in [4.78, 5) is 18.2. The topological polar surface area (TPSA) is 46.4 Å². The molecule has 0 saturated carbocycles. The van der Waals surface area contributed by atoms with Crippen LogP contribution >= 0.6 is 11.3 Å². The standard InChI is InChI=1S/C25H27N3OS/c1-5-17-6-8-18(9-7-17)22-15-28-21(16-30-24(28)27-22)14-23(29)26-20-12-10-19(11-13-20)25(2,3)4/h6-13,15-16H,5,14H2,1-4H3,(H,26,29). The molecule has 2 aromatic heterocycles. The van der Waals surface area contributed by atoms with Crippen molar-refractivity contribution in [1.82, 2.24) is 9.38 Å². The zero-order valence-electron chi connectivity index (χ0n) is 17.9. The van der Waals surface area contributed by atoms with Crippen molar-refractivity contribution in [2.75, 3.05) is 5.32 Å². The lowest BCUT2D eigenvalue weighted by molar-refractivity contribution is -0.115. The van der Waals surface area contributed by atoms with Crippen LogP contribution in [0.1, 0.15) is 44.5 Å². The quantitative estimate of drug-likeness (QED) is 0.426. The molecule has 0 atom stereocenters. The number of hydrogen-bond acceptors (Lipinski definition) is 3. The molecule has 0 aliphatic carbocycles. The fourth-order valence-electron chi connectivity index (χ4n) is 3.43. The molecule has 0 unspecified atom stereocenters. The van der Waals surface area contributed by atoms with Gasteiger partial charge in [0.2, 0.25) is 5.91 Å². The van der Waals surface area contributed by atoms with Gasteiger partial charge in [0.05, 0.1) is 12.1 Å². The molecule has 30 heavy (non-hydrogen) atoms. The highest BCUT2D eigenvalue weighted by Gasteiger charge is 2.15. The number of imidazole rings is 1. The van der Waals surface area contributed by atoms with Crippen molar-refractivity contribution in [1.29, 1.82) is 0 Å². The first-order valence-corrected chi connectivity index (χ1v) is 11.2. The number of thiazole rings is 1. The molecule has 1 amide bonds. The highest BCUT2D eigenvalue weighted by molar-refractivity contribution is 7.15. The zero-order valence-corrected chi connectivity index (χ0v) is 18.7. The summed E-state index contributed by atoms with van der Waals surface area (Å²) in [7, 11) is 0. The number of fused-ring (bicyclic) bond motifs is 1. The monoisotopic (exact) mass is 417 g/mol. The largest absolute Gasteiger partial charge is 0.326 e. The van der Waals surface area contributed by atoms with Crippen LogP contribution in [0.15, 0.2) is 60.1 Å². The van der Waals surface area contributed by atoms with Gasteiger partial charge in [-0.15, -0.1) is 11.3 Å². The van der Waals surface area contributed by atoms with E-state index in [-0.39, 0.29) is 11.3 Å². The van der Waals surface area contributed by atoms with Crippen LogP contribution in [0.2, 0.25) is 0 Å². The van der Waals surface area contributed by atoms with E-state index in [9.17, 15) is 4.79 Å². The first-order valence-electron chi connectivity index (χ1n) is 10.3. The van der Waals surface area contributed by atoms with E-state index in [4.69, 9.17) is 4.98 Å². The maximum absolute atomic E-state index is 12.6. The Labute approximate surface area is 181 Å². The number of anilines is 1. The van der Waals surface area contributed by atoms with Crippen LogP contribution in [-0.2, 0) is 23.1 Å². The highest BCUT2D eigenvalue weighted by Crippen LogP contribution is 2.25. The van der Waals surface area contributed by atoms with Crippen LogP contribution in [0.25, 0.3) is 16.2 Å². The summed E-state index contributed by atoms with van der Waals surface area (Å²) in [6.07, 6.45) is 3.36. The van der Waals surface area contributed by atoms with Gasteiger partial charge in [-0.25, -0.2) is 4.98 Å². The van der Waals surface area contributed by atoms with Crippen LogP contribution in [0.4, 0.5) is 5.69 Å². The Balaban J connectivity index is 1.48. The molecule has 4 nitrogen and oxygen atoms in total. The molecule has 0 aliphatic heterocycles. The summed E-state index contributed by atoms with van der Waals surface area (Å²) in [6.45, 7) is 8.69. The van der Waals surface area contributed by atoms with E-state index in [1.807, 2.05) is 28.1 Å². The van der Waals surface area contributed by atoms with Crippen molar-refractivity contribution in [2.45, 2.75) is 46.0 Å². The maximum atomic E-state index is 12.6. The highest BCUT2D eigenvalue weighted by atomic mass is 32.1. The van der Waals surface area contributed by atoms with E-state index in [1.165, 1.54) is 11.1 Å².